The van der Waals surface area contributed by atoms with Crippen LogP contribution in [0.2, 0.25) is 0 Å². The fourth-order valence-corrected chi connectivity index (χ4v) is 2.64. The SMILES string of the molecule is COC(=O)C1CCN(C(=O)c2ccc(OC)c(OC)c2)CC1. The molecule has 1 saturated heterocycles. The number of hydrogen-bond donors (Lipinski definition) is 0. The molecule has 0 radical (unpaired) electrons. The second-order valence-electron chi connectivity index (χ2n) is 5.16. The summed E-state index contributed by atoms with van der Waals surface area (Å²) in [5, 5.41) is 0. The van der Waals surface area contributed by atoms with Gasteiger partial charge in [0.2, 0.25) is 0 Å². The normalized spacial score (nSPS) is 15.3. The van der Waals surface area contributed by atoms with Crippen LogP contribution in [0.5, 0.6) is 11.5 Å². The summed E-state index contributed by atoms with van der Waals surface area (Å²) in [7, 11) is 4.48. The van der Waals surface area contributed by atoms with E-state index in [4.69, 9.17) is 14.2 Å². The molecule has 1 aliphatic heterocycles. The maximum Gasteiger partial charge on any atom is 0.308 e. The molecule has 0 aliphatic carbocycles. The number of esters is 1. The molecule has 22 heavy (non-hydrogen) atoms. The third kappa shape index (κ3) is 3.32. The molecular weight excluding hydrogens is 286 g/mol. The van der Waals surface area contributed by atoms with Crippen LogP contribution >= 0.6 is 0 Å². The summed E-state index contributed by atoms with van der Waals surface area (Å²) in [4.78, 5) is 25.8. The first-order chi connectivity index (χ1) is 10.6. The van der Waals surface area contributed by atoms with Gasteiger partial charge in [-0.25, -0.2) is 0 Å². The number of ether oxygens (including phenoxy) is 3. The van der Waals surface area contributed by atoms with Crippen molar-refractivity contribution >= 4 is 11.9 Å². The van der Waals surface area contributed by atoms with Crippen LogP contribution in [-0.2, 0) is 9.53 Å². The topological polar surface area (TPSA) is 65.1 Å². The summed E-state index contributed by atoms with van der Waals surface area (Å²) in [5.74, 6) is 0.739. The van der Waals surface area contributed by atoms with Crippen molar-refractivity contribution in [3.8, 4) is 11.5 Å². The Labute approximate surface area is 129 Å². The first-order valence-corrected chi connectivity index (χ1v) is 7.19. The Kier molecular flexibility index (Phi) is 5.25. The van der Waals surface area contributed by atoms with E-state index in [9.17, 15) is 9.59 Å². The molecule has 2 rings (SSSR count). The molecule has 0 atom stereocenters. The fraction of sp³-hybridized carbons (Fsp3) is 0.500. The second kappa shape index (κ2) is 7.15. The van der Waals surface area contributed by atoms with Crippen molar-refractivity contribution in [2.24, 2.45) is 5.92 Å². The first-order valence-electron chi connectivity index (χ1n) is 7.19. The summed E-state index contributed by atoms with van der Waals surface area (Å²) in [5.41, 5.74) is 0.550. The van der Waals surface area contributed by atoms with Crippen molar-refractivity contribution in [1.29, 1.82) is 0 Å². The van der Waals surface area contributed by atoms with Gasteiger partial charge in [-0.15, -0.1) is 0 Å². The fourth-order valence-electron chi connectivity index (χ4n) is 2.64. The molecule has 1 fully saturated rings. The van der Waals surface area contributed by atoms with E-state index in [1.165, 1.54) is 14.2 Å². The number of piperidine rings is 1. The lowest BCUT2D eigenvalue weighted by atomic mass is 9.96. The third-order valence-electron chi connectivity index (χ3n) is 3.95. The molecule has 1 heterocycles. The van der Waals surface area contributed by atoms with Crippen LogP contribution in [-0.4, -0.2) is 51.2 Å². The number of amides is 1. The molecule has 1 aromatic carbocycles. The molecule has 1 aliphatic rings. The zero-order valence-electron chi connectivity index (χ0n) is 13.1. The lowest BCUT2D eigenvalue weighted by Crippen LogP contribution is -2.40. The van der Waals surface area contributed by atoms with Gasteiger partial charge in [0.15, 0.2) is 11.5 Å². The smallest absolute Gasteiger partial charge is 0.308 e. The predicted octanol–water partition coefficient (Wildman–Crippen LogP) is 1.73. The Balaban J connectivity index is 2.05. The number of nitrogens with zero attached hydrogens (tertiary/aromatic N) is 1. The Morgan fingerprint density at radius 1 is 1.05 bits per heavy atom. The van der Waals surface area contributed by atoms with Crippen LogP contribution in [0.25, 0.3) is 0 Å². The zero-order valence-corrected chi connectivity index (χ0v) is 13.1. The van der Waals surface area contributed by atoms with Crippen molar-refractivity contribution < 1.29 is 23.8 Å². The minimum absolute atomic E-state index is 0.0655. The molecule has 0 N–H and O–H groups in total. The summed E-state index contributed by atoms with van der Waals surface area (Å²) >= 11 is 0. The first kappa shape index (κ1) is 16.1. The van der Waals surface area contributed by atoms with E-state index in [0.717, 1.165) is 0 Å². The molecule has 1 amide bonds. The van der Waals surface area contributed by atoms with E-state index in [-0.39, 0.29) is 17.8 Å². The van der Waals surface area contributed by atoms with Crippen molar-refractivity contribution in [3.63, 3.8) is 0 Å². The number of hydrogen-bond acceptors (Lipinski definition) is 5. The Hall–Kier alpha value is -2.24. The van der Waals surface area contributed by atoms with Gasteiger partial charge >= 0.3 is 5.97 Å². The molecule has 0 aromatic heterocycles. The van der Waals surface area contributed by atoms with Gasteiger partial charge in [-0.1, -0.05) is 0 Å². The maximum absolute atomic E-state index is 12.5. The molecular formula is C16H21NO5. The minimum Gasteiger partial charge on any atom is -0.493 e. The van der Waals surface area contributed by atoms with Gasteiger partial charge in [0.25, 0.3) is 5.91 Å². The highest BCUT2D eigenvalue weighted by atomic mass is 16.5. The van der Waals surface area contributed by atoms with E-state index in [1.54, 1.807) is 30.2 Å². The van der Waals surface area contributed by atoms with Gasteiger partial charge in [-0.2, -0.15) is 0 Å². The average Bonchev–Trinajstić information content (AvgIpc) is 2.59. The Morgan fingerprint density at radius 3 is 2.23 bits per heavy atom. The standard InChI is InChI=1S/C16H21NO5/c1-20-13-5-4-12(10-14(13)21-2)15(18)17-8-6-11(7-9-17)16(19)22-3/h4-5,10-11H,6-9H2,1-3H3. The Bertz CT molecular complexity index is 549. The van der Waals surface area contributed by atoms with Gasteiger partial charge in [0.05, 0.1) is 27.2 Å². The summed E-state index contributed by atoms with van der Waals surface area (Å²) in [6.07, 6.45) is 1.26. The van der Waals surface area contributed by atoms with Gasteiger partial charge < -0.3 is 19.1 Å². The Morgan fingerprint density at radius 2 is 1.68 bits per heavy atom. The lowest BCUT2D eigenvalue weighted by molar-refractivity contribution is -0.146. The molecule has 1 aromatic rings. The van der Waals surface area contributed by atoms with E-state index in [0.29, 0.717) is 43.0 Å². The van der Waals surface area contributed by atoms with E-state index in [1.807, 2.05) is 0 Å². The van der Waals surface area contributed by atoms with Crippen LogP contribution < -0.4 is 9.47 Å². The molecule has 6 nitrogen and oxygen atoms in total. The summed E-state index contributed by atoms with van der Waals surface area (Å²) < 4.78 is 15.1. The van der Waals surface area contributed by atoms with Crippen molar-refractivity contribution in [1.82, 2.24) is 4.90 Å². The highest BCUT2D eigenvalue weighted by Gasteiger charge is 2.28. The van der Waals surface area contributed by atoms with Gasteiger partial charge in [-0.3, -0.25) is 9.59 Å². The predicted molar refractivity (Wildman–Crippen MR) is 80.2 cm³/mol. The van der Waals surface area contributed by atoms with Crippen molar-refractivity contribution in [2.75, 3.05) is 34.4 Å². The molecule has 0 spiro atoms. The highest BCUT2D eigenvalue weighted by molar-refractivity contribution is 5.95. The largest absolute Gasteiger partial charge is 0.493 e. The summed E-state index contributed by atoms with van der Waals surface area (Å²) in [6.45, 7) is 1.10. The quantitative estimate of drug-likeness (QED) is 0.793. The monoisotopic (exact) mass is 307 g/mol. The number of rotatable bonds is 4. The van der Waals surface area contributed by atoms with Crippen LogP contribution in [0.4, 0.5) is 0 Å². The molecule has 6 heteroatoms. The van der Waals surface area contributed by atoms with Crippen LogP contribution in [0.1, 0.15) is 23.2 Å². The number of benzene rings is 1. The highest BCUT2D eigenvalue weighted by Crippen LogP contribution is 2.29. The maximum atomic E-state index is 12.5. The van der Waals surface area contributed by atoms with E-state index in [2.05, 4.69) is 0 Å². The minimum atomic E-state index is -0.196. The van der Waals surface area contributed by atoms with Crippen molar-refractivity contribution in [3.05, 3.63) is 23.8 Å². The summed E-state index contributed by atoms with van der Waals surface area (Å²) in [6, 6.07) is 5.11. The number of likely N-dealkylation sites (tertiary alicyclic amines) is 1. The second-order valence-corrected chi connectivity index (χ2v) is 5.16. The zero-order chi connectivity index (χ0) is 16.1. The molecule has 0 bridgehead atoms. The van der Waals surface area contributed by atoms with Gasteiger partial charge in [-0.05, 0) is 31.0 Å². The number of methoxy groups -OCH3 is 3. The molecule has 0 saturated carbocycles. The van der Waals surface area contributed by atoms with Crippen LogP contribution in [0.3, 0.4) is 0 Å². The van der Waals surface area contributed by atoms with Crippen molar-refractivity contribution in [2.45, 2.75) is 12.8 Å². The number of carbonyl (C=O) groups is 2. The van der Waals surface area contributed by atoms with Gasteiger partial charge in [0, 0.05) is 18.7 Å². The van der Waals surface area contributed by atoms with Crippen LogP contribution in [0, 0.1) is 5.92 Å². The van der Waals surface area contributed by atoms with E-state index < -0.39 is 0 Å². The van der Waals surface area contributed by atoms with Gasteiger partial charge in [0.1, 0.15) is 0 Å². The average molecular weight is 307 g/mol. The third-order valence-corrected chi connectivity index (χ3v) is 3.95. The van der Waals surface area contributed by atoms with E-state index >= 15 is 0 Å². The molecule has 120 valence electrons. The van der Waals surface area contributed by atoms with Crippen LogP contribution in [0.15, 0.2) is 18.2 Å². The number of carbonyl (C=O) groups excluding carboxylic acids is 2. The lowest BCUT2D eigenvalue weighted by Gasteiger charge is -2.30. The molecule has 0 unspecified atom stereocenters.